The van der Waals surface area contributed by atoms with Gasteiger partial charge in [0.2, 0.25) is 0 Å². The third-order valence-corrected chi connectivity index (χ3v) is 3.06. The van der Waals surface area contributed by atoms with Gasteiger partial charge in [0.1, 0.15) is 0 Å². The first kappa shape index (κ1) is 13.4. The lowest BCUT2D eigenvalue weighted by Gasteiger charge is -2.04. The second-order valence-electron chi connectivity index (χ2n) is 4.55. The van der Waals surface area contributed by atoms with Crippen LogP contribution in [0.2, 0.25) is 5.02 Å². The van der Waals surface area contributed by atoms with E-state index >= 15 is 0 Å². The molecule has 0 radical (unpaired) electrons. The van der Waals surface area contributed by atoms with Gasteiger partial charge in [-0.25, -0.2) is 0 Å². The van der Waals surface area contributed by atoms with E-state index in [-0.39, 0.29) is 5.91 Å². The molecule has 0 unspecified atom stereocenters. The Balaban J connectivity index is 2.13. The second-order valence-corrected chi connectivity index (χ2v) is 4.96. The van der Waals surface area contributed by atoms with E-state index in [4.69, 9.17) is 17.3 Å². The number of H-pyrrole nitrogens is 1. The molecule has 0 aliphatic carbocycles. The van der Waals surface area contributed by atoms with Crippen LogP contribution < -0.4 is 11.1 Å². The van der Waals surface area contributed by atoms with Crippen molar-refractivity contribution < 1.29 is 4.79 Å². The molecule has 0 saturated carbocycles. The van der Waals surface area contributed by atoms with Gasteiger partial charge in [-0.2, -0.15) is 5.10 Å². The molecule has 100 valence electrons. The molecule has 5 nitrogen and oxygen atoms in total. The summed E-state index contributed by atoms with van der Waals surface area (Å²) in [6.45, 7) is 4.08. The van der Waals surface area contributed by atoms with E-state index in [1.807, 2.05) is 19.9 Å². The van der Waals surface area contributed by atoms with Crippen LogP contribution in [-0.2, 0) is 0 Å². The summed E-state index contributed by atoms with van der Waals surface area (Å²) in [6.07, 6.45) is 0. The van der Waals surface area contributed by atoms with Crippen molar-refractivity contribution in [2.24, 2.45) is 0 Å². The number of nitrogens with one attached hydrogen (secondary N) is 2. The molecule has 0 aliphatic rings. The van der Waals surface area contributed by atoms with Crippen LogP contribution in [0.1, 0.15) is 35.8 Å². The zero-order chi connectivity index (χ0) is 14.0. The van der Waals surface area contributed by atoms with Gasteiger partial charge in [0.05, 0.1) is 10.7 Å². The number of benzene rings is 1. The number of aromatic nitrogens is 2. The molecule has 0 spiro atoms. The van der Waals surface area contributed by atoms with Crippen molar-refractivity contribution in [1.29, 1.82) is 0 Å². The summed E-state index contributed by atoms with van der Waals surface area (Å²) in [5, 5.41) is 10.0. The fourth-order valence-electron chi connectivity index (χ4n) is 1.57. The molecule has 2 rings (SSSR count). The third-order valence-electron chi connectivity index (χ3n) is 2.72. The predicted molar refractivity (Wildman–Crippen MR) is 76.5 cm³/mol. The molecule has 2 aromatic rings. The fourth-order valence-corrected chi connectivity index (χ4v) is 1.69. The van der Waals surface area contributed by atoms with Crippen LogP contribution in [0.4, 0.5) is 11.5 Å². The predicted octanol–water partition coefficient (Wildman–Crippen LogP) is 3.02. The molecule has 0 fully saturated rings. The zero-order valence-corrected chi connectivity index (χ0v) is 11.5. The van der Waals surface area contributed by atoms with Crippen LogP contribution >= 0.6 is 11.6 Å². The number of carbonyl (C=O) groups is 1. The number of hydrogen-bond donors (Lipinski definition) is 3. The Morgan fingerprint density at radius 3 is 2.74 bits per heavy atom. The van der Waals surface area contributed by atoms with E-state index in [9.17, 15) is 4.79 Å². The maximum absolute atomic E-state index is 12.0. The monoisotopic (exact) mass is 278 g/mol. The molecule has 1 heterocycles. The number of nitrogen functional groups attached to an aromatic ring is 1. The van der Waals surface area contributed by atoms with Crippen molar-refractivity contribution in [3.05, 3.63) is 40.5 Å². The summed E-state index contributed by atoms with van der Waals surface area (Å²) >= 11 is 5.81. The van der Waals surface area contributed by atoms with Gasteiger partial charge in [-0.15, -0.1) is 0 Å². The highest BCUT2D eigenvalue weighted by molar-refractivity contribution is 6.33. The molecule has 4 N–H and O–H groups in total. The average Bonchev–Trinajstić information content (AvgIpc) is 2.81. The molecular weight excluding hydrogens is 264 g/mol. The van der Waals surface area contributed by atoms with Gasteiger partial charge < -0.3 is 11.1 Å². The molecule has 1 amide bonds. The van der Waals surface area contributed by atoms with Crippen molar-refractivity contribution in [3.63, 3.8) is 0 Å². The van der Waals surface area contributed by atoms with Crippen molar-refractivity contribution >= 4 is 29.0 Å². The highest BCUT2D eigenvalue weighted by Crippen LogP contribution is 2.20. The van der Waals surface area contributed by atoms with E-state index in [0.29, 0.717) is 28.0 Å². The fraction of sp³-hybridized carbons (Fsp3) is 0.231. The van der Waals surface area contributed by atoms with Crippen molar-refractivity contribution in [2.45, 2.75) is 19.8 Å². The first-order valence-electron chi connectivity index (χ1n) is 5.89. The maximum Gasteiger partial charge on any atom is 0.256 e. The lowest BCUT2D eigenvalue weighted by molar-refractivity contribution is 0.102. The van der Waals surface area contributed by atoms with Crippen LogP contribution in [0.3, 0.4) is 0 Å². The number of aromatic amines is 1. The van der Waals surface area contributed by atoms with Gasteiger partial charge in [-0.05, 0) is 24.1 Å². The second kappa shape index (κ2) is 5.32. The SMILES string of the molecule is CC(C)c1cc(NC(=O)c2ccc(Cl)c(N)c2)n[nH]1. The lowest BCUT2D eigenvalue weighted by Crippen LogP contribution is -2.12. The number of halogens is 1. The first-order valence-corrected chi connectivity index (χ1v) is 6.27. The van der Waals surface area contributed by atoms with E-state index in [0.717, 1.165) is 5.69 Å². The Labute approximate surface area is 116 Å². The van der Waals surface area contributed by atoms with Gasteiger partial charge in [0.25, 0.3) is 5.91 Å². The van der Waals surface area contributed by atoms with Crippen molar-refractivity contribution in [1.82, 2.24) is 10.2 Å². The van der Waals surface area contributed by atoms with Crippen molar-refractivity contribution in [2.75, 3.05) is 11.1 Å². The van der Waals surface area contributed by atoms with E-state index in [1.54, 1.807) is 12.1 Å². The van der Waals surface area contributed by atoms with E-state index in [2.05, 4.69) is 15.5 Å². The topological polar surface area (TPSA) is 83.8 Å². The molecule has 0 saturated heterocycles. The van der Waals surface area contributed by atoms with Crippen LogP contribution in [-0.4, -0.2) is 16.1 Å². The van der Waals surface area contributed by atoms with Crippen LogP contribution in [0.5, 0.6) is 0 Å². The molecule has 0 bridgehead atoms. The molecular formula is C13H15ClN4O. The van der Waals surface area contributed by atoms with Gasteiger partial charge in [0.15, 0.2) is 5.82 Å². The summed E-state index contributed by atoms with van der Waals surface area (Å²) in [7, 11) is 0. The molecule has 1 aromatic carbocycles. The molecule has 6 heteroatoms. The Hall–Kier alpha value is -2.01. The third kappa shape index (κ3) is 3.06. The number of nitrogens with two attached hydrogens (primary N) is 1. The number of carbonyl (C=O) groups excluding carboxylic acids is 1. The van der Waals surface area contributed by atoms with E-state index < -0.39 is 0 Å². The number of rotatable bonds is 3. The quantitative estimate of drug-likeness (QED) is 0.755. The zero-order valence-electron chi connectivity index (χ0n) is 10.7. The standard InChI is InChI=1S/C13H15ClN4O/c1-7(2)11-6-12(18-17-11)16-13(19)8-3-4-9(14)10(15)5-8/h3-7H,15H2,1-2H3,(H2,16,17,18,19). The van der Waals surface area contributed by atoms with Crippen LogP contribution in [0.25, 0.3) is 0 Å². The van der Waals surface area contributed by atoms with Crippen molar-refractivity contribution in [3.8, 4) is 0 Å². The molecule has 19 heavy (non-hydrogen) atoms. The van der Waals surface area contributed by atoms with Gasteiger partial charge in [0, 0.05) is 17.3 Å². The van der Waals surface area contributed by atoms with Crippen LogP contribution in [0, 0.1) is 0 Å². The molecule has 1 aromatic heterocycles. The van der Waals surface area contributed by atoms with E-state index in [1.165, 1.54) is 6.07 Å². The Morgan fingerprint density at radius 1 is 1.42 bits per heavy atom. The normalized spacial score (nSPS) is 10.7. The number of hydrogen-bond acceptors (Lipinski definition) is 3. The summed E-state index contributed by atoms with van der Waals surface area (Å²) < 4.78 is 0. The summed E-state index contributed by atoms with van der Waals surface area (Å²) in [5.41, 5.74) is 7.44. The highest BCUT2D eigenvalue weighted by atomic mass is 35.5. The minimum atomic E-state index is -0.273. The summed E-state index contributed by atoms with van der Waals surface area (Å²) in [6, 6.07) is 6.55. The van der Waals surface area contributed by atoms with Gasteiger partial charge in [-0.3, -0.25) is 9.89 Å². The average molecular weight is 279 g/mol. The van der Waals surface area contributed by atoms with Gasteiger partial charge in [-0.1, -0.05) is 25.4 Å². The maximum atomic E-state index is 12.0. The smallest absolute Gasteiger partial charge is 0.256 e. The molecule has 0 atom stereocenters. The Kier molecular flexibility index (Phi) is 3.76. The largest absolute Gasteiger partial charge is 0.398 e. The lowest BCUT2D eigenvalue weighted by atomic mass is 10.1. The first-order chi connectivity index (χ1) is 8.97. The summed E-state index contributed by atoms with van der Waals surface area (Å²) in [5.74, 6) is 0.539. The van der Waals surface area contributed by atoms with Crippen LogP contribution in [0.15, 0.2) is 24.3 Å². The Morgan fingerprint density at radius 2 is 2.16 bits per heavy atom. The number of nitrogens with zero attached hydrogens (tertiary/aromatic N) is 1. The number of anilines is 2. The molecule has 0 aliphatic heterocycles. The highest BCUT2D eigenvalue weighted by Gasteiger charge is 2.11. The minimum Gasteiger partial charge on any atom is -0.398 e. The summed E-state index contributed by atoms with van der Waals surface area (Å²) in [4.78, 5) is 12.0. The Bertz CT molecular complexity index is 606. The van der Waals surface area contributed by atoms with Gasteiger partial charge >= 0.3 is 0 Å². The number of amides is 1. The minimum absolute atomic E-state index is 0.273.